The van der Waals surface area contributed by atoms with Crippen LogP contribution in [0.15, 0.2) is 23.8 Å². The number of hydrogen-bond acceptors (Lipinski definition) is 5. The van der Waals surface area contributed by atoms with E-state index < -0.39 is 17.4 Å². The standard InChI is InChI=1S/C17H24O5/c1-20-11-12-5-4-6-13-9-17(15(18)21-2,16(19)22-3)10-14(13)8-7-12/h4,6-7,13-14H,5,8-11H2,1-3H3/b6-4-,12-7+/t13-,14+/m1/s1. The van der Waals surface area contributed by atoms with E-state index in [4.69, 9.17) is 14.2 Å². The second-order valence-electron chi connectivity index (χ2n) is 6.06. The molecule has 0 bridgehead atoms. The zero-order chi connectivity index (χ0) is 16.2. The molecule has 1 saturated carbocycles. The molecular formula is C17H24O5. The van der Waals surface area contributed by atoms with E-state index in [1.54, 1.807) is 7.11 Å². The van der Waals surface area contributed by atoms with Crippen LogP contribution < -0.4 is 0 Å². The normalized spacial score (nSPS) is 30.2. The lowest BCUT2D eigenvalue weighted by atomic mass is 9.84. The van der Waals surface area contributed by atoms with Gasteiger partial charge < -0.3 is 14.2 Å². The molecule has 2 aliphatic carbocycles. The molecule has 1 fully saturated rings. The van der Waals surface area contributed by atoms with E-state index in [0.29, 0.717) is 19.4 Å². The molecule has 0 unspecified atom stereocenters. The molecule has 5 heteroatoms. The second-order valence-corrected chi connectivity index (χ2v) is 6.06. The summed E-state index contributed by atoms with van der Waals surface area (Å²) in [4.78, 5) is 24.5. The number of hydrogen-bond donors (Lipinski definition) is 0. The Morgan fingerprint density at radius 2 is 1.86 bits per heavy atom. The maximum atomic E-state index is 12.2. The van der Waals surface area contributed by atoms with E-state index >= 15 is 0 Å². The van der Waals surface area contributed by atoms with Crippen LogP contribution in [0.25, 0.3) is 0 Å². The third-order valence-corrected chi connectivity index (χ3v) is 4.75. The van der Waals surface area contributed by atoms with Gasteiger partial charge in [-0.3, -0.25) is 9.59 Å². The van der Waals surface area contributed by atoms with E-state index in [1.807, 2.05) is 0 Å². The van der Waals surface area contributed by atoms with Gasteiger partial charge >= 0.3 is 11.9 Å². The lowest BCUT2D eigenvalue weighted by molar-refractivity contribution is -0.169. The Morgan fingerprint density at radius 1 is 1.18 bits per heavy atom. The van der Waals surface area contributed by atoms with Gasteiger partial charge in [-0.2, -0.15) is 0 Å². The second kappa shape index (κ2) is 7.09. The van der Waals surface area contributed by atoms with Crippen molar-refractivity contribution in [2.75, 3.05) is 27.9 Å². The Bertz CT molecular complexity index is 475. The zero-order valence-corrected chi connectivity index (χ0v) is 13.5. The van der Waals surface area contributed by atoms with E-state index in [1.165, 1.54) is 19.8 Å². The number of allylic oxidation sites excluding steroid dienone is 3. The van der Waals surface area contributed by atoms with Crippen LogP contribution in [0.3, 0.4) is 0 Å². The number of ether oxygens (including phenoxy) is 3. The van der Waals surface area contributed by atoms with Crippen molar-refractivity contribution < 1.29 is 23.8 Å². The summed E-state index contributed by atoms with van der Waals surface area (Å²) in [6.45, 7) is 0.612. The highest BCUT2D eigenvalue weighted by Crippen LogP contribution is 2.50. The summed E-state index contributed by atoms with van der Waals surface area (Å²) in [5, 5.41) is 0. The molecule has 0 aromatic heterocycles. The summed E-state index contributed by atoms with van der Waals surface area (Å²) in [6.07, 6.45) is 9.02. The Morgan fingerprint density at radius 3 is 2.45 bits per heavy atom. The van der Waals surface area contributed by atoms with Gasteiger partial charge in [0, 0.05) is 7.11 Å². The largest absolute Gasteiger partial charge is 0.468 e. The minimum atomic E-state index is -1.16. The Kier molecular flexibility index (Phi) is 5.40. The van der Waals surface area contributed by atoms with Gasteiger partial charge in [0.05, 0.1) is 20.8 Å². The zero-order valence-electron chi connectivity index (χ0n) is 13.5. The number of esters is 2. The summed E-state index contributed by atoms with van der Waals surface area (Å²) in [7, 11) is 4.32. The highest BCUT2D eigenvalue weighted by molar-refractivity contribution is 6.00. The summed E-state index contributed by atoms with van der Waals surface area (Å²) in [6, 6.07) is 0. The summed E-state index contributed by atoms with van der Waals surface area (Å²) < 4.78 is 15.0. The van der Waals surface area contributed by atoms with Crippen molar-refractivity contribution in [3.8, 4) is 0 Å². The fraction of sp³-hybridized carbons (Fsp3) is 0.647. The van der Waals surface area contributed by atoms with E-state index in [0.717, 1.165) is 12.8 Å². The smallest absolute Gasteiger partial charge is 0.323 e. The van der Waals surface area contributed by atoms with Crippen molar-refractivity contribution in [3.05, 3.63) is 23.8 Å². The molecule has 0 aliphatic heterocycles. The fourth-order valence-electron chi connectivity index (χ4n) is 3.64. The maximum Gasteiger partial charge on any atom is 0.323 e. The van der Waals surface area contributed by atoms with Gasteiger partial charge in [-0.15, -0.1) is 0 Å². The first kappa shape index (κ1) is 16.7. The molecule has 0 aromatic carbocycles. The van der Waals surface area contributed by atoms with Gasteiger partial charge in [-0.25, -0.2) is 0 Å². The quantitative estimate of drug-likeness (QED) is 0.453. The van der Waals surface area contributed by atoms with Crippen LogP contribution in [0.1, 0.15) is 25.7 Å². The highest BCUT2D eigenvalue weighted by Gasteiger charge is 2.56. The molecule has 0 heterocycles. The topological polar surface area (TPSA) is 61.8 Å². The third-order valence-electron chi connectivity index (χ3n) is 4.75. The molecule has 5 nitrogen and oxygen atoms in total. The maximum absolute atomic E-state index is 12.2. The molecule has 0 aromatic rings. The Labute approximate surface area is 131 Å². The van der Waals surface area contributed by atoms with Crippen LogP contribution in [0.5, 0.6) is 0 Å². The van der Waals surface area contributed by atoms with Crippen molar-refractivity contribution in [1.29, 1.82) is 0 Å². The number of carbonyl (C=O) groups excluding carboxylic acids is 2. The van der Waals surface area contributed by atoms with Crippen molar-refractivity contribution in [3.63, 3.8) is 0 Å². The van der Waals surface area contributed by atoms with Crippen LogP contribution in [-0.2, 0) is 23.8 Å². The summed E-state index contributed by atoms with van der Waals surface area (Å²) in [5.41, 5.74) is 0.0637. The molecular weight excluding hydrogens is 284 g/mol. The van der Waals surface area contributed by atoms with Crippen LogP contribution in [0, 0.1) is 17.3 Å². The Hall–Kier alpha value is -1.62. The van der Waals surface area contributed by atoms with Crippen molar-refractivity contribution in [2.45, 2.75) is 25.7 Å². The average Bonchev–Trinajstić information content (AvgIpc) is 2.88. The minimum Gasteiger partial charge on any atom is -0.468 e. The van der Waals surface area contributed by atoms with Crippen molar-refractivity contribution in [1.82, 2.24) is 0 Å². The number of rotatable bonds is 4. The van der Waals surface area contributed by atoms with Gasteiger partial charge in [0.1, 0.15) is 0 Å². The van der Waals surface area contributed by atoms with Crippen molar-refractivity contribution >= 4 is 11.9 Å². The van der Waals surface area contributed by atoms with Crippen molar-refractivity contribution in [2.24, 2.45) is 17.3 Å². The van der Waals surface area contributed by atoms with Crippen LogP contribution in [-0.4, -0.2) is 39.9 Å². The van der Waals surface area contributed by atoms with E-state index in [9.17, 15) is 9.59 Å². The molecule has 0 N–H and O–H groups in total. The number of carbonyl (C=O) groups is 2. The molecule has 122 valence electrons. The SMILES string of the molecule is COC/C1=C/C[C@H]2CC(C(=O)OC)(C(=O)OC)C[C@H]2/C=C\C1. The summed E-state index contributed by atoms with van der Waals surface area (Å²) >= 11 is 0. The molecule has 0 spiro atoms. The average molecular weight is 308 g/mol. The molecule has 2 atom stereocenters. The van der Waals surface area contributed by atoms with Crippen LogP contribution in [0.4, 0.5) is 0 Å². The lowest BCUT2D eigenvalue weighted by Crippen LogP contribution is -2.39. The number of methoxy groups -OCH3 is 3. The van der Waals surface area contributed by atoms with E-state index in [-0.39, 0.29) is 11.8 Å². The third kappa shape index (κ3) is 3.09. The highest BCUT2D eigenvalue weighted by atomic mass is 16.5. The molecule has 2 aliphatic rings. The first-order chi connectivity index (χ1) is 10.6. The Balaban J connectivity index is 2.24. The molecule has 0 radical (unpaired) electrons. The molecule has 0 amide bonds. The van der Waals surface area contributed by atoms with Gasteiger partial charge in [0.2, 0.25) is 0 Å². The summed E-state index contributed by atoms with van der Waals surface area (Å²) in [5.74, 6) is -0.540. The number of fused-ring (bicyclic) bond motifs is 1. The monoisotopic (exact) mass is 308 g/mol. The molecule has 0 saturated heterocycles. The predicted octanol–water partition coefficient (Wildman–Crippen LogP) is 2.27. The van der Waals surface area contributed by atoms with Crippen LogP contribution in [0.2, 0.25) is 0 Å². The van der Waals surface area contributed by atoms with Crippen LogP contribution >= 0.6 is 0 Å². The van der Waals surface area contributed by atoms with Gasteiger partial charge in [0.15, 0.2) is 5.41 Å². The predicted molar refractivity (Wildman–Crippen MR) is 81.0 cm³/mol. The molecule has 22 heavy (non-hydrogen) atoms. The lowest BCUT2D eigenvalue weighted by Gasteiger charge is -2.23. The van der Waals surface area contributed by atoms with Gasteiger partial charge in [-0.1, -0.05) is 18.2 Å². The fourth-order valence-corrected chi connectivity index (χ4v) is 3.64. The first-order valence-corrected chi connectivity index (χ1v) is 7.57. The molecule has 2 rings (SSSR count). The minimum absolute atomic E-state index is 0.193. The van der Waals surface area contributed by atoms with Gasteiger partial charge in [0.25, 0.3) is 0 Å². The first-order valence-electron chi connectivity index (χ1n) is 7.57. The van der Waals surface area contributed by atoms with E-state index in [2.05, 4.69) is 18.2 Å². The van der Waals surface area contributed by atoms with Gasteiger partial charge in [-0.05, 0) is 43.1 Å².